The van der Waals surface area contributed by atoms with E-state index in [1.807, 2.05) is 79.0 Å². The Hall–Kier alpha value is -4.63. The highest BCUT2D eigenvalue weighted by molar-refractivity contribution is 6.02. The van der Waals surface area contributed by atoms with Gasteiger partial charge >= 0.3 is 0 Å². The first-order valence-corrected chi connectivity index (χ1v) is 10.8. The molecule has 1 aromatic heterocycles. The number of amides is 1. The van der Waals surface area contributed by atoms with Crippen LogP contribution in [0.1, 0.15) is 16.7 Å². The first kappa shape index (κ1) is 22.6. The molecule has 0 bridgehead atoms. The topological polar surface area (TPSA) is 79.9 Å². The predicted octanol–water partition coefficient (Wildman–Crippen LogP) is 5.08. The number of rotatable bonds is 7. The Morgan fingerprint density at radius 1 is 1.09 bits per heavy atom. The van der Waals surface area contributed by atoms with Gasteiger partial charge in [0.05, 0.1) is 5.69 Å². The number of carbonyl (C=O) groups excluding carboxylic acids is 1. The third-order valence-corrected chi connectivity index (χ3v) is 5.29. The quantitative estimate of drug-likeness (QED) is 0.316. The average molecular weight is 449 g/mol. The van der Waals surface area contributed by atoms with Gasteiger partial charge in [0.25, 0.3) is 5.91 Å². The smallest absolute Gasteiger partial charge is 0.261 e. The number of benzene rings is 3. The molecule has 0 atom stereocenters. The molecule has 0 unspecified atom stereocenters. The molecule has 0 saturated heterocycles. The molecule has 34 heavy (non-hydrogen) atoms. The van der Waals surface area contributed by atoms with Crippen molar-refractivity contribution in [2.45, 2.75) is 13.5 Å². The lowest BCUT2D eigenvalue weighted by atomic mass is 10.1. The molecule has 0 radical (unpaired) electrons. The number of para-hydroxylation sites is 1. The van der Waals surface area contributed by atoms with Crippen LogP contribution in [-0.2, 0) is 11.4 Å². The molecule has 0 aliphatic carbocycles. The molecular formula is C28H24N4O2. The van der Waals surface area contributed by atoms with Gasteiger partial charge in [0.2, 0.25) is 0 Å². The van der Waals surface area contributed by atoms with E-state index in [4.69, 9.17) is 9.84 Å². The second-order valence-corrected chi connectivity index (χ2v) is 7.76. The van der Waals surface area contributed by atoms with Gasteiger partial charge in [-0.2, -0.15) is 10.4 Å². The van der Waals surface area contributed by atoms with Gasteiger partial charge < -0.3 is 10.1 Å². The summed E-state index contributed by atoms with van der Waals surface area (Å²) < 4.78 is 7.75. The van der Waals surface area contributed by atoms with Crippen molar-refractivity contribution in [1.82, 2.24) is 15.1 Å². The molecule has 4 aromatic rings. The van der Waals surface area contributed by atoms with Crippen LogP contribution in [0, 0.1) is 18.3 Å². The molecule has 0 fully saturated rings. The Balaban J connectivity index is 1.71. The fourth-order valence-electron chi connectivity index (χ4n) is 3.45. The molecule has 4 rings (SSSR count). The van der Waals surface area contributed by atoms with E-state index in [0.29, 0.717) is 23.6 Å². The summed E-state index contributed by atoms with van der Waals surface area (Å²) in [5.74, 6) is 0.255. The maximum absolute atomic E-state index is 12.1. The Bertz CT molecular complexity index is 1360. The van der Waals surface area contributed by atoms with Crippen LogP contribution in [-0.4, -0.2) is 22.7 Å². The van der Waals surface area contributed by atoms with Crippen molar-refractivity contribution in [2.24, 2.45) is 0 Å². The summed E-state index contributed by atoms with van der Waals surface area (Å²) in [7, 11) is 1.50. The number of likely N-dealkylation sites (N-methyl/N-ethyl adjacent to an activating group) is 1. The zero-order valence-electron chi connectivity index (χ0n) is 19.0. The number of aryl methyl sites for hydroxylation is 1. The Morgan fingerprint density at radius 2 is 1.85 bits per heavy atom. The number of aromatic nitrogens is 2. The highest BCUT2D eigenvalue weighted by Gasteiger charge is 2.15. The summed E-state index contributed by atoms with van der Waals surface area (Å²) in [5, 5.41) is 16.8. The molecule has 6 nitrogen and oxygen atoms in total. The second kappa shape index (κ2) is 10.3. The molecule has 1 heterocycles. The van der Waals surface area contributed by atoms with Crippen molar-refractivity contribution < 1.29 is 9.53 Å². The molecule has 0 spiro atoms. The summed E-state index contributed by atoms with van der Waals surface area (Å²) in [4.78, 5) is 12.1. The Morgan fingerprint density at radius 3 is 2.56 bits per heavy atom. The van der Waals surface area contributed by atoms with Crippen LogP contribution < -0.4 is 10.1 Å². The molecule has 0 aliphatic heterocycles. The van der Waals surface area contributed by atoms with Crippen molar-refractivity contribution in [2.75, 3.05) is 7.05 Å². The van der Waals surface area contributed by atoms with Crippen LogP contribution in [0.2, 0.25) is 0 Å². The zero-order chi connectivity index (χ0) is 23.9. The van der Waals surface area contributed by atoms with Gasteiger partial charge in [-0.3, -0.25) is 4.79 Å². The third kappa shape index (κ3) is 5.22. The SMILES string of the molecule is CNC(=O)C(C#N)=Cc1cn(-c2ccccc2)nc1-c1cccc(OCc2ccc(C)cc2)c1. The van der Waals surface area contributed by atoms with E-state index in [1.54, 1.807) is 10.8 Å². The largest absolute Gasteiger partial charge is 0.489 e. The van der Waals surface area contributed by atoms with Crippen molar-refractivity contribution in [3.05, 3.63) is 107 Å². The average Bonchev–Trinajstić information content (AvgIpc) is 3.31. The molecule has 1 amide bonds. The fraction of sp³-hybridized carbons (Fsp3) is 0.107. The first-order chi connectivity index (χ1) is 16.6. The minimum Gasteiger partial charge on any atom is -0.489 e. The van der Waals surface area contributed by atoms with E-state index in [2.05, 4.69) is 24.4 Å². The van der Waals surface area contributed by atoms with Crippen LogP contribution in [0.4, 0.5) is 0 Å². The zero-order valence-corrected chi connectivity index (χ0v) is 19.0. The molecule has 3 aromatic carbocycles. The molecule has 1 N–H and O–H groups in total. The molecule has 0 aliphatic rings. The Labute approximate surface area is 198 Å². The first-order valence-electron chi connectivity index (χ1n) is 10.8. The molecule has 168 valence electrons. The minimum absolute atomic E-state index is 0.00290. The van der Waals surface area contributed by atoms with Crippen LogP contribution in [0.3, 0.4) is 0 Å². The van der Waals surface area contributed by atoms with E-state index >= 15 is 0 Å². The third-order valence-electron chi connectivity index (χ3n) is 5.29. The van der Waals surface area contributed by atoms with Gasteiger partial charge in [0, 0.05) is 24.4 Å². The van der Waals surface area contributed by atoms with E-state index in [1.165, 1.54) is 12.6 Å². The number of carbonyl (C=O) groups is 1. The van der Waals surface area contributed by atoms with Crippen LogP contribution in [0.15, 0.2) is 90.6 Å². The van der Waals surface area contributed by atoms with E-state index in [9.17, 15) is 10.1 Å². The van der Waals surface area contributed by atoms with Gasteiger partial charge in [0.15, 0.2) is 0 Å². The molecule has 6 heteroatoms. The van der Waals surface area contributed by atoms with Crippen molar-refractivity contribution in [3.8, 4) is 28.8 Å². The van der Waals surface area contributed by atoms with Gasteiger partial charge in [-0.1, -0.05) is 60.2 Å². The summed E-state index contributed by atoms with van der Waals surface area (Å²) >= 11 is 0. The summed E-state index contributed by atoms with van der Waals surface area (Å²) in [5.41, 5.74) is 5.26. The summed E-state index contributed by atoms with van der Waals surface area (Å²) in [6.07, 6.45) is 3.37. The minimum atomic E-state index is -0.448. The highest BCUT2D eigenvalue weighted by Crippen LogP contribution is 2.29. The Kier molecular flexibility index (Phi) is 6.85. The lowest BCUT2D eigenvalue weighted by Gasteiger charge is -2.08. The maximum Gasteiger partial charge on any atom is 0.261 e. The fourth-order valence-corrected chi connectivity index (χ4v) is 3.45. The van der Waals surface area contributed by atoms with Gasteiger partial charge in [-0.05, 0) is 42.8 Å². The van der Waals surface area contributed by atoms with Crippen LogP contribution in [0.5, 0.6) is 5.75 Å². The lowest BCUT2D eigenvalue weighted by Crippen LogP contribution is -2.19. The number of nitrogens with one attached hydrogen (secondary N) is 1. The molecular weight excluding hydrogens is 424 g/mol. The number of hydrogen-bond donors (Lipinski definition) is 1. The van der Waals surface area contributed by atoms with Gasteiger partial charge in [-0.15, -0.1) is 0 Å². The van der Waals surface area contributed by atoms with Crippen LogP contribution >= 0.6 is 0 Å². The second-order valence-electron chi connectivity index (χ2n) is 7.76. The van der Waals surface area contributed by atoms with E-state index < -0.39 is 5.91 Å². The van der Waals surface area contributed by atoms with Gasteiger partial charge in [0.1, 0.15) is 29.7 Å². The number of ether oxygens (including phenoxy) is 1. The number of hydrogen-bond acceptors (Lipinski definition) is 4. The van der Waals surface area contributed by atoms with Crippen molar-refractivity contribution in [1.29, 1.82) is 5.26 Å². The monoisotopic (exact) mass is 448 g/mol. The van der Waals surface area contributed by atoms with Crippen molar-refractivity contribution >= 4 is 12.0 Å². The number of nitriles is 1. The van der Waals surface area contributed by atoms with Crippen LogP contribution in [0.25, 0.3) is 23.0 Å². The van der Waals surface area contributed by atoms with E-state index in [0.717, 1.165) is 16.8 Å². The lowest BCUT2D eigenvalue weighted by molar-refractivity contribution is -0.116. The maximum atomic E-state index is 12.1. The standard InChI is InChI=1S/C28H24N4O2/c1-20-11-13-21(14-12-20)19-34-26-10-6-7-22(16-26)27-24(15-23(17-29)28(33)30-2)18-32(31-27)25-8-4-3-5-9-25/h3-16,18H,19H2,1-2H3,(H,30,33). The normalized spacial score (nSPS) is 11.0. The summed E-state index contributed by atoms with van der Waals surface area (Å²) in [6.45, 7) is 2.50. The van der Waals surface area contributed by atoms with Gasteiger partial charge in [-0.25, -0.2) is 4.68 Å². The summed E-state index contributed by atoms with van der Waals surface area (Å²) in [6, 6.07) is 27.5. The van der Waals surface area contributed by atoms with Crippen molar-refractivity contribution in [3.63, 3.8) is 0 Å². The predicted molar refractivity (Wildman–Crippen MR) is 132 cm³/mol. The highest BCUT2D eigenvalue weighted by atomic mass is 16.5. The van der Waals surface area contributed by atoms with E-state index in [-0.39, 0.29) is 5.57 Å². The number of nitrogens with zero attached hydrogens (tertiary/aromatic N) is 3. The molecule has 0 saturated carbocycles.